The maximum absolute atomic E-state index is 12.1. The minimum atomic E-state index is -0.439. The highest BCUT2D eigenvalue weighted by molar-refractivity contribution is 7.14. The Kier molecular flexibility index (Phi) is 5.72. The van der Waals surface area contributed by atoms with Gasteiger partial charge in [0.25, 0.3) is 5.69 Å². The summed E-state index contributed by atoms with van der Waals surface area (Å²) in [6.07, 6.45) is 4.57. The first kappa shape index (κ1) is 17.5. The van der Waals surface area contributed by atoms with E-state index in [1.807, 2.05) is 0 Å². The number of aromatic nitrogens is 1. The van der Waals surface area contributed by atoms with Crippen LogP contribution >= 0.6 is 11.3 Å². The molecule has 1 saturated heterocycles. The number of carbonyl (C=O) groups is 1. The normalized spacial score (nSPS) is 17.2. The number of nitrogens with one attached hydrogen (secondary N) is 1. The minimum absolute atomic E-state index is 0.0172. The van der Waals surface area contributed by atoms with E-state index in [1.54, 1.807) is 17.5 Å². The smallest absolute Gasteiger partial charge is 0.270 e. The van der Waals surface area contributed by atoms with Crippen molar-refractivity contribution in [2.24, 2.45) is 0 Å². The van der Waals surface area contributed by atoms with Crippen LogP contribution < -0.4 is 5.32 Å². The van der Waals surface area contributed by atoms with Gasteiger partial charge in [-0.1, -0.05) is 12.1 Å². The number of anilines is 1. The van der Waals surface area contributed by atoms with Gasteiger partial charge < -0.3 is 10.1 Å². The van der Waals surface area contributed by atoms with Crippen LogP contribution in [0.15, 0.2) is 29.6 Å². The Hall–Kier alpha value is -2.32. The van der Waals surface area contributed by atoms with Crippen molar-refractivity contribution in [2.75, 3.05) is 11.9 Å². The predicted octanol–water partition coefficient (Wildman–Crippen LogP) is 4.01. The van der Waals surface area contributed by atoms with Crippen LogP contribution in [0.5, 0.6) is 0 Å². The lowest BCUT2D eigenvalue weighted by Gasteiger charge is -2.21. The molecule has 8 heteroatoms. The number of benzene rings is 1. The third kappa shape index (κ3) is 4.83. The van der Waals surface area contributed by atoms with Crippen LogP contribution in [0, 0.1) is 10.1 Å². The van der Waals surface area contributed by atoms with E-state index in [2.05, 4.69) is 10.3 Å². The fourth-order valence-electron chi connectivity index (χ4n) is 2.75. The third-order valence-electron chi connectivity index (χ3n) is 4.07. The Morgan fingerprint density at radius 3 is 3.08 bits per heavy atom. The zero-order valence-electron chi connectivity index (χ0n) is 13.6. The van der Waals surface area contributed by atoms with E-state index in [0.717, 1.165) is 32.3 Å². The monoisotopic (exact) mass is 361 g/mol. The second-order valence-corrected chi connectivity index (χ2v) is 6.78. The highest BCUT2D eigenvalue weighted by Crippen LogP contribution is 2.27. The summed E-state index contributed by atoms with van der Waals surface area (Å²) in [6, 6.07) is 6.29. The van der Waals surface area contributed by atoms with Crippen LogP contribution in [0.2, 0.25) is 0 Å². The number of rotatable bonds is 6. The Morgan fingerprint density at radius 2 is 2.32 bits per heavy atom. The van der Waals surface area contributed by atoms with Gasteiger partial charge in [-0.25, -0.2) is 4.98 Å². The molecule has 1 atom stereocenters. The number of thiazole rings is 1. The fraction of sp³-hybridized carbons (Fsp3) is 0.412. The maximum Gasteiger partial charge on any atom is 0.270 e. The Morgan fingerprint density at radius 1 is 1.44 bits per heavy atom. The second kappa shape index (κ2) is 8.17. The molecule has 1 unspecified atom stereocenters. The van der Waals surface area contributed by atoms with Crippen LogP contribution in [-0.2, 0) is 9.53 Å². The van der Waals surface area contributed by atoms with E-state index in [0.29, 0.717) is 22.8 Å². The van der Waals surface area contributed by atoms with Gasteiger partial charge in [0.15, 0.2) is 5.13 Å². The standard InChI is InChI=1S/C17H19N3O4S/c21-16(8-7-14-6-1-2-9-24-14)19-17-18-15(11-25-17)12-4-3-5-13(10-12)20(22)23/h3-5,10-11,14H,1-2,6-9H2,(H,18,19,21). The van der Waals surface area contributed by atoms with Gasteiger partial charge in [-0.05, 0) is 25.7 Å². The number of non-ortho nitro benzene ring substituents is 1. The van der Waals surface area contributed by atoms with Crippen LogP contribution in [0.3, 0.4) is 0 Å². The summed E-state index contributed by atoms with van der Waals surface area (Å²) in [6.45, 7) is 0.783. The number of nitrogens with zero attached hydrogens (tertiary/aromatic N) is 2. The lowest BCUT2D eigenvalue weighted by Crippen LogP contribution is -2.21. The molecule has 2 heterocycles. The molecule has 1 aromatic heterocycles. The van der Waals surface area contributed by atoms with Crippen molar-refractivity contribution in [3.63, 3.8) is 0 Å². The molecule has 0 radical (unpaired) electrons. The number of amides is 1. The van der Waals surface area contributed by atoms with Crippen molar-refractivity contribution in [1.82, 2.24) is 4.98 Å². The van der Waals surface area contributed by atoms with Crippen LogP contribution in [0.4, 0.5) is 10.8 Å². The number of hydrogen-bond acceptors (Lipinski definition) is 6. The summed E-state index contributed by atoms with van der Waals surface area (Å²) < 4.78 is 5.62. The first-order chi connectivity index (χ1) is 12.1. The summed E-state index contributed by atoms with van der Waals surface area (Å²) in [7, 11) is 0. The van der Waals surface area contributed by atoms with Crippen molar-refractivity contribution >= 4 is 28.1 Å². The number of nitro benzene ring substituents is 1. The molecule has 2 aromatic rings. The van der Waals surface area contributed by atoms with Crippen LogP contribution in [0.25, 0.3) is 11.3 Å². The van der Waals surface area contributed by atoms with Crippen molar-refractivity contribution < 1.29 is 14.5 Å². The van der Waals surface area contributed by atoms with E-state index in [4.69, 9.17) is 4.74 Å². The van der Waals surface area contributed by atoms with Gasteiger partial charge in [-0.3, -0.25) is 14.9 Å². The van der Waals surface area contributed by atoms with Gasteiger partial charge in [-0.15, -0.1) is 11.3 Å². The topological polar surface area (TPSA) is 94.4 Å². The number of carbonyl (C=O) groups excluding carboxylic acids is 1. The molecule has 1 aliphatic heterocycles. The SMILES string of the molecule is O=C(CCC1CCCCO1)Nc1nc(-c2cccc([N+](=O)[O-])c2)cs1. The zero-order valence-corrected chi connectivity index (χ0v) is 14.5. The Balaban J connectivity index is 1.56. The Labute approximate surface area is 149 Å². The first-order valence-electron chi connectivity index (χ1n) is 8.23. The van der Waals surface area contributed by atoms with Gasteiger partial charge in [0.2, 0.25) is 5.91 Å². The lowest BCUT2D eigenvalue weighted by molar-refractivity contribution is -0.384. The number of ether oxygens (including phenoxy) is 1. The molecule has 0 saturated carbocycles. The fourth-order valence-corrected chi connectivity index (χ4v) is 3.49. The number of hydrogen-bond donors (Lipinski definition) is 1. The summed E-state index contributed by atoms with van der Waals surface area (Å²) in [5.41, 5.74) is 1.28. The summed E-state index contributed by atoms with van der Waals surface area (Å²) in [5.74, 6) is -0.0888. The van der Waals surface area contributed by atoms with Gasteiger partial charge >= 0.3 is 0 Å². The van der Waals surface area contributed by atoms with E-state index < -0.39 is 4.92 Å². The highest BCUT2D eigenvalue weighted by Gasteiger charge is 2.16. The van der Waals surface area contributed by atoms with Gasteiger partial charge in [-0.2, -0.15) is 0 Å². The first-order valence-corrected chi connectivity index (χ1v) is 9.11. The molecular formula is C17H19N3O4S. The van der Waals surface area contributed by atoms with Gasteiger partial charge in [0.05, 0.1) is 16.7 Å². The molecule has 132 valence electrons. The molecule has 1 N–H and O–H groups in total. The average molecular weight is 361 g/mol. The van der Waals surface area contributed by atoms with Crippen LogP contribution in [-0.4, -0.2) is 28.5 Å². The molecular weight excluding hydrogens is 342 g/mol. The molecule has 1 aliphatic rings. The zero-order chi connectivity index (χ0) is 17.6. The highest BCUT2D eigenvalue weighted by atomic mass is 32.1. The average Bonchev–Trinajstić information content (AvgIpc) is 3.09. The maximum atomic E-state index is 12.1. The van der Waals surface area contributed by atoms with Crippen molar-refractivity contribution in [1.29, 1.82) is 0 Å². The molecule has 3 rings (SSSR count). The molecule has 25 heavy (non-hydrogen) atoms. The molecule has 1 aromatic carbocycles. The van der Waals surface area contributed by atoms with Gasteiger partial charge in [0, 0.05) is 36.1 Å². The number of nitro groups is 1. The largest absolute Gasteiger partial charge is 0.378 e. The van der Waals surface area contributed by atoms with E-state index in [-0.39, 0.29) is 17.7 Å². The predicted molar refractivity (Wildman–Crippen MR) is 95.7 cm³/mol. The molecule has 0 spiro atoms. The molecule has 0 bridgehead atoms. The van der Waals surface area contributed by atoms with E-state index in [1.165, 1.54) is 23.5 Å². The summed E-state index contributed by atoms with van der Waals surface area (Å²) in [5, 5.41) is 15.9. The Bertz CT molecular complexity index is 756. The summed E-state index contributed by atoms with van der Waals surface area (Å²) >= 11 is 1.30. The second-order valence-electron chi connectivity index (χ2n) is 5.92. The van der Waals surface area contributed by atoms with Crippen molar-refractivity contribution in [3.8, 4) is 11.3 Å². The summed E-state index contributed by atoms with van der Waals surface area (Å²) in [4.78, 5) is 26.8. The van der Waals surface area contributed by atoms with Gasteiger partial charge in [0.1, 0.15) is 0 Å². The van der Waals surface area contributed by atoms with E-state index in [9.17, 15) is 14.9 Å². The van der Waals surface area contributed by atoms with Crippen molar-refractivity contribution in [2.45, 2.75) is 38.2 Å². The molecule has 0 aliphatic carbocycles. The van der Waals surface area contributed by atoms with E-state index >= 15 is 0 Å². The quantitative estimate of drug-likeness (QED) is 0.620. The molecule has 1 amide bonds. The molecule has 7 nitrogen and oxygen atoms in total. The lowest BCUT2D eigenvalue weighted by atomic mass is 10.0. The van der Waals surface area contributed by atoms with Crippen LogP contribution in [0.1, 0.15) is 32.1 Å². The molecule has 1 fully saturated rings. The minimum Gasteiger partial charge on any atom is -0.378 e. The third-order valence-corrected chi connectivity index (χ3v) is 4.83. The van der Waals surface area contributed by atoms with Crippen molar-refractivity contribution in [3.05, 3.63) is 39.8 Å².